The molecule has 1 aliphatic rings. The molecule has 0 fully saturated rings. The molecule has 1 atom stereocenters. The molecule has 2 heteroatoms. The molecule has 0 amide bonds. The van der Waals surface area contributed by atoms with Crippen molar-refractivity contribution in [2.24, 2.45) is 0 Å². The number of aromatic nitrogens is 1. The van der Waals surface area contributed by atoms with Gasteiger partial charge in [-0.2, -0.15) is 0 Å². The molecule has 0 spiro atoms. The summed E-state index contributed by atoms with van der Waals surface area (Å²) in [6, 6.07) is 77.5. The minimum atomic E-state index is -0.576. The van der Waals surface area contributed by atoms with Crippen LogP contribution in [-0.4, -0.2) is 4.98 Å². The van der Waals surface area contributed by atoms with Crippen LogP contribution in [0.1, 0.15) is 27.8 Å². The van der Waals surface area contributed by atoms with Crippen molar-refractivity contribution in [3.63, 3.8) is 0 Å². The fourth-order valence-electron chi connectivity index (χ4n) is 8.83. The Morgan fingerprint density at radius 2 is 0.930 bits per heavy atom. The molecule has 0 N–H and O–H groups in total. The number of nitrogens with zero attached hydrogens (tertiary/aromatic N) is 2. The lowest BCUT2D eigenvalue weighted by Crippen LogP contribution is -2.28. The van der Waals surface area contributed by atoms with E-state index in [9.17, 15) is 0 Å². The highest BCUT2D eigenvalue weighted by atomic mass is 15.1. The van der Waals surface area contributed by atoms with E-state index < -0.39 is 5.41 Å². The van der Waals surface area contributed by atoms with Gasteiger partial charge in [-0.3, -0.25) is 4.98 Å². The van der Waals surface area contributed by atoms with Crippen LogP contribution in [0.5, 0.6) is 0 Å². The van der Waals surface area contributed by atoms with E-state index in [0.29, 0.717) is 0 Å². The van der Waals surface area contributed by atoms with Gasteiger partial charge in [-0.15, -0.1) is 0 Å². The van der Waals surface area contributed by atoms with Crippen LogP contribution in [0.25, 0.3) is 44.5 Å². The van der Waals surface area contributed by atoms with E-state index in [0.717, 1.165) is 28.2 Å². The maximum atomic E-state index is 4.51. The van der Waals surface area contributed by atoms with Crippen molar-refractivity contribution in [2.45, 2.75) is 12.3 Å². The van der Waals surface area contributed by atoms with Crippen molar-refractivity contribution in [1.82, 2.24) is 4.98 Å². The minimum Gasteiger partial charge on any atom is -0.310 e. The average molecular weight is 729 g/mol. The second kappa shape index (κ2) is 14.4. The number of fused-ring (bicyclic) bond motifs is 3. The van der Waals surface area contributed by atoms with Gasteiger partial charge in [-0.25, -0.2) is 0 Å². The molecular weight excluding hydrogens is 689 g/mol. The highest BCUT2D eigenvalue weighted by Gasteiger charge is 2.47. The van der Waals surface area contributed by atoms with Crippen LogP contribution in [0.15, 0.2) is 225 Å². The fraction of sp³-hybridized carbons (Fsp3) is 0.0364. The highest BCUT2D eigenvalue weighted by Crippen LogP contribution is 2.60. The van der Waals surface area contributed by atoms with Gasteiger partial charge in [0, 0.05) is 29.3 Å². The first-order chi connectivity index (χ1) is 28.2. The molecule has 0 aliphatic heterocycles. The van der Waals surface area contributed by atoms with Crippen molar-refractivity contribution in [3.8, 4) is 44.5 Å². The van der Waals surface area contributed by atoms with Gasteiger partial charge in [0.15, 0.2) is 0 Å². The molecule has 0 bridgehead atoms. The smallest absolute Gasteiger partial charge is 0.0714 e. The van der Waals surface area contributed by atoms with Crippen molar-refractivity contribution in [3.05, 3.63) is 253 Å². The van der Waals surface area contributed by atoms with Crippen molar-refractivity contribution >= 4 is 17.1 Å². The summed E-state index contributed by atoms with van der Waals surface area (Å²) >= 11 is 0. The Kier molecular flexibility index (Phi) is 8.65. The third-order valence-electron chi connectivity index (χ3n) is 11.5. The van der Waals surface area contributed by atoms with Gasteiger partial charge in [0.05, 0.1) is 11.1 Å². The van der Waals surface area contributed by atoms with Gasteiger partial charge in [0.2, 0.25) is 0 Å². The van der Waals surface area contributed by atoms with Crippen molar-refractivity contribution in [1.29, 1.82) is 0 Å². The summed E-state index contributed by atoms with van der Waals surface area (Å²) in [4.78, 5) is 6.95. The van der Waals surface area contributed by atoms with Gasteiger partial charge in [0.1, 0.15) is 0 Å². The second-order valence-corrected chi connectivity index (χ2v) is 14.8. The summed E-state index contributed by atoms with van der Waals surface area (Å²) in [6.07, 6.45) is 3.80. The summed E-state index contributed by atoms with van der Waals surface area (Å²) in [7, 11) is 0. The molecule has 0 radical (unpaired) electrons. The molecule has 1 heterocycles. The van der Waals surface area contributed by atoms with Gasteiger partial charge < -0.3 is 4.90 Å². The molecule has 2 nitrogen and oxygen atoms in total. The topological polar surface area (TPSA) is 16.1 Å². The fourth-order valence-corrected chi connectivity index (χ4v) is 8.83. The molecule has 0 saturated carbocycles. The van der Waals surface area contributed by atoms with Crippen molar-refractivity contribution in [2.75, 3.05) is 4.90 Å². The Morgan fingerprint density at radius 1 is 0.404 bits per heavy atom. The largest absolute Gasteiger partial charge is 0.310 e. The van der Waals surface area contributed by atoms with Crippen LogP contribution in [0.4, 0.5) is 17.1 Å². The lowest BCUT2D eigenvalue weighted by atomic mass is 9.67. The predicted molar refractivity (Wildman–Crippen MR) is 237 cm³/mol. The monoisotopic (exact) mass is 728 g/mol. The van der Waals surface area contributed by atoms with E-state index in [1.165, 1.54) is 61.2 Å². The molecule has 270 valence electrons. The summed E-state index contributed by atoms with van der Waals surface area (Å²) < 4.78 is 0. The second-order valence-electron chi connectivity index (χ2n) is 14.8. The lowest BCUT2D eigenvalue weighted by molar-refractivity contribution is 0.768. The lowest BCUT2D eigenvalue weighted by Gasteiger charge is -2.35. The number of anilines is 3. The first-order valence-electron chi connectivity index (χ1n) is 19.6. The van der Waals surface area contributed by atoms with Crippen LogP contribution in [0.3, 0.4) is 0 Å². The summed E-state index contributed by atoms with van der Waals surface area (Å²) in [6.45, 7) is 2.16. The number of aryl methyl sites for hydroxylation is 1. The molecule has 9 aromatic rings. The van der Waals surface area contributed by atoms with Gasteiger partial charge in [-0.1, -0.05) is 175 Å². The summed E-state index contributed by atoms with van der Waals surface area (Å²) in [5.41, 5.74) is 18.5. The number of hydrogen-bond donors (Lipinski definition) is 0. The molecule has 0 saturated heterocycles. The molecule has 10 rings (SSSR count). The zero-order chi connectivity index (χ0) is 38.2. The quantitative estimate of drug-likeness (QED) is 0.155. The minimum absolute atomic E-state index is 0.576. The standard InChI is InChI=1S/C55H40N2/c1-39-22-29-47(30-23-39)55(46-18-9-4-10-19-46)51-20-11-21-53(54(51)50-35-28-44(37-52(50)55)45-17-12-36-56-38-45)57(48-31-24-42(25-32-48)40-13-5-2-6-14-40)49-33-26-43(27-34-49)41-15-7-3-8-16-41/h2-38H,1H3. The average Bonchev–Trinajstić information content (AvgIpc) is 3.59. The predicted octanol–water partition coefficient (Wildman–Crippen LogP) is 14.2. The Balaban J connectivity index is 1.25. The van der Waals surface area contributed by atoms with Crippen LogP contribution < -0.4 is 4.90 Å². The molecule has 1 aromatic heterocycles. The number of rotatable bonds is 8. The first kappa shape index (κ1) is 34.2. The van der Waals surface area contributed by atoms with Gasteiger partial charge >= 0.3 is 0 Å². The zero-order valence-corrected chi connectivity index (χ0v) is 31.8. The van der Waals surface area contributed by atoms with E-state index in [1.807, 2.05) is 18.5 Å². The van der Waals surface area contributed by atoms with E-state index in [4.69, 9.17) is 0 Å². The van der Waals surface area contributed by atoms with Crippen LogP contribution in [-0.2, 0) is 5.41 Å². The Morgan fingerprint density at radius 3 is 1.51 bits per heavy atom. The molecule has 8 aromatic carbocycles. The maximum absolute atomic E-state index is 4.51. The molecule has 1 unspecified atom stereocenters. The number of hydrogen-bond acceptors (Lipinski definition) is 2. The Labute approximate surface area is 335 Å². The third kappa shape index (κ3) is 5.94. The normalized spacial score (nSPS) is 14.1. The van der Waals surface area contributed by atoms with E-state index in [1.54, 1.807) is 0 Å². The Hall–Kier alpha value is -7.29. The van der Waals surface area contributed by atoms with E-state index in [-0.39, 0.29) is 0 Å². The van der Waals surface area contributed by atoms with Gasteiger partial charge in [-0.05, 0) is 111 Å². The number of pyridine rings is 1. The van der Waals surface area contributed by atoms with Crippen LogP contribution in [0, 0.1) is 6.92 Å². The third-order valence-corrected chi connectivity index (χ3v) is 11.5. The Bertz CT molecular complexity index is 2710. The maximum Gasteiger partial charge on any atom is 0.0714 e. The number of benzene rings is 8. The molecule has 1 aliphatic carbocycles. The van der Waals surface area contributed by atoms with E-state index >= 15 is 0 Å². The molecular formula is C55H40N2. The van der Waals surface area contributed by atoms with Crippen LogP contribution >= 0.6 is 0 Å². The summed E-state index contributed by atoms with van der Waals surface area (Å²) in [5, 5.41) is 0. The van der Waals surface area contributed by atoms with Crippen molar-refractivity contribution < 1.29 is 0 Å². The van der Waals surface area contributed by atoms with Gasteiger partial charge in [0.25, 0.3) is 0 Å². The molecule has 57 heavy (non-hydrogen) atoms. The SMILES string of the molecule is Cc1ccc(C2(c3ccccc3)c3cc(-c4cccnc4)ccc3-c3c(N(c4ccc(-c5ccccc5)cc4)c4ccc(-c5ccccc5)cc4)cccc32)cc1. The first-order valence-corrected chi connectivity index (χ1v) is 19.6. The highest BCUT2D eigenvalue weighted by molar-refractivity contribution is 5.98. The van der Waals surface area contributed by atoms with E-state index in [2.05, 4.69) is 223 Å². The zero-order valence-electron chi connectivity index (χ0n) is 31.8. The van der Waals surface area contributed by atoms with Crippen LogP contribution in [0.2, 0.25) is 0 Å². The summed E-state index contributed by atoms with van der Waals surface area (Å²) in [5.74, 6) is 0.